The van der Waals surface area contributed by atoms with Crippen molar-refractivity contribution in [2.24, 2.45) is 0 Å². The minimum atomic E-state index is 0.819. The Morgan fingerprint density at radius 3 is 1.33 bits per heavy atom. The van der Waals surface area contributed by atoms with Crippen LogP contribution in [0.4, 0.5) is 11.4 Å². The molecule has 0 fully saturated rings. The summed E-state index contributed by atoms with van der Waals surface area (Å²) >= 11 is 0. The van der Waals surface area contributed by atoms with E-state index in [4.69, 9.17) is 11.5 Å². The summed E-state index contributed by atoms with van der Waals surface area (Å²) in [5, 5.41) is 7.08. The fourth-order valence-electron chi connectivity index (χ4n) is 2.85. The van der Waals surface area contributed by atoms with Crippen molar-refractivity contribution in [1.29, 1.82) is 0 Å². The van der Waals surface area contributed by atoms with Gasteiger partial charge in [-0.05, 0) is 33.7 Å². The molecule has 0 atom stereocenters. The maximum atomic E-state index is 6.07. The molecule has 0 unspecified atom stereocenters. The third-order valence-electron chi connectivity index (χ3n) is 3.73. The van der Waals surface area contributed by atoms with Crippen LogP contribution < -0.4 is 11.5 Å². The normalized spacial score (nSPS) is 11.8. The van der Waals surface area contributed by atoms with E-state index in [0.717, 1.165) is 22.1 Å². The van der Waals surface area contributed by atoms with Crippen molar-refractivity contribution >= 4 is 43.7 Å². The van der Waals surface area contributed by atoms with Gasteiger partial charge >= 0.3 is 0 Å². The van der Waals surface area contributed by atoms with Gasteiger partial charge in [-0.25, -0.2) is 0 Å². The minimum Gasteiger partial charge on any atom is -0.398 e. The summed E-state index contributed by atoms with van der Waals surface area (Å²) < 4.78 is 0. The fourth-order valence-corrected chi connectivity index (χ4v) is 2.85. The Kier molecular flexibility index (Phi) is 1.61. The van der Waals surface area contributed by atoms with Gasteiger partial charge in [-0.15, -0.1) is 0 Å². The molecule has 0 saturated heterocycles. The molecule has 4 aromatic carbocycles. The van der Waals surface area contributed by atoms with Crippen LogP contribution in [-0.4, -0.2) is 0 Å². The first-order valence-corrected chi connectivity index (χ1v) is 5.97. The summed E-state index contributed by atoms with van der Waals surface area (Å²) in [6, 6.07) is 16.5. The summed E-state index contributed by atoms with van der Waals surface area (Å²) in [7, 11) is 0. The van der Waals surface area contributed by atoms with Gasteiger partial charge in [0.1, 0.15) is 0 Å². The lowest BCUT2D eigenvalue weighted by molar-refractivity contribution is 1.75. The molecule has 86 valence electrons. The van der Waals surface area contributed by atoms with Crippen molar-refractivity contribution in [3.8, 4) is 0 Å². The summed E-state index contributed by atoms with van der Waals surface area (Å²) in [5.41, 5.74) is 13.8. The first kappa shape index (κ1) is 9.54. The third kappa shape index (κ3) is 1.02. The Balaban J connectivity index is 2.47. The van der Waals surface area contributed by atoms with Gasteiger partial charge in [-0.3, -0.25) is 0 Å². The fraction of sp³-hybridized carbons (Fsp3) is 0. The molecule has 0 aromatic heterocycles. The second kappa shape index (κ2) is 3.05. The number of benzene rings is 4. The van der Waals surface area contributed by atoms with Crippen LogP contribution in [0, 0.1) is 0 Å². The van der Waals surface area contributed by atoms with E-state index in [9.17, 15) is 0 Å². The lowest BCUT2D eigenvalue weighted by atomic mass is 9.93. The number of rotatable bonds is 0. The zero-order valence-electron chi connectivity index (χ0n) is 9.77. The van der Waals surface area contributed by atoms with Crippen LogP contribution >= 0.6 is 0 Å². The van der Waals surface area contributed by atoms with Crippen molar-refractivity contribution in [3.05, 3.63) is 48.5 Å². The molecular weight excluding hydrogens is 220 g/mol. The molecule has 0 spiro atoms. The predicted octanol–water partition coefficient (Wildman–Crippen LogP) is 3.75. The molecule has 0 heterocycles. The first-order chi connectivity index (χ1) is 8.75. The molecule has 4 aromatic rings. The van der Waals surface area contributed by atoms with Crippen LogP contribution in [-0.2, 0) is 0 Å². The molecule has 0 saturated carbocycles. The molecule has 2 heteroatoms. The second-order valence-electron chi connectivity index (χ2n) is 4.73. The van der Waals surface area contributed by atoms with Crippen LogP contribution in [0.25, 0.3) is 32.3 Å². The molecule has 0 aliphatic rings. The molecule has 0 radical (unpaired) electrons. The van der Waals surface area contributed by atoms with Crippen LogP contribution in [0.5, 0.6) is 0 Å². The van der Waals surface area contributed by atoms with Crippen LogP contribution in [0.3, 0.4) is 0 Å². The van der Waals surface area contributed by atoms with Gasteiger partial charge in [0.25, 0.3) is 0 Å². The van der Waals surface area contributed by atoms with Crippen molar-refractivity contribution in [1.82, 2.24) is 0 Å². The Bertz CT molecular complexity index is 819. The third-order valence-corrected chi connectivity index (χ3v) is 3.73. The van der Waals surface area contributed by atoms with Gasteiger partial charge < -0.3 is 11.5 Å². The number of nitrogens with two attached hydrogens (primary N) is 2. The van der Waals surface area contributed by atoms with Gasteiger partial charge in [0.2, 0.25) is 0 Å². The number of anilines is 2. The molecule has 18 heavy (non-hydrogen) atoms. The number of nitrogen functional groups attached to an aromatic ring is 2. The van der Waals surface area contributed by atoms with Crippen molar-refractivity contribution in [2.45, 2.75) is 0 Å². The van der Waals surface area contributed by atoms with Gasteiger partial charge in [-0.1, -0.05) is 36.4 Å². The first-order valence-electron chi connectivity index (χ1n) is 5.97. The molecule has 2 nitrogen and oxygen atoms in total. The standard InChI is InChI=1S/C16H12N2/c17-13-7-3-9-1-2-10-4-8-14(18)12-6-5-11(13)15(9)16(10)12/h1-8H,17-18H2. The zero-order valence-corrected chi connectivity index (χ0v) is 9.77. The zero-order chi connectivity index (χ0) is 12.3. The average molecular weight is 232 g/mol. The van der Waals surface area contributed by atoms with Gasteiger partial charge in [0.15, 0.2) is 0 Å². The van der Waals surface area contributed by atoms with Crippen LogP contribution in [0.2, 0.25) is 0 Å². The van der Waals surface area contributed by atoms with Crippen molar-refractivity contribution < 1.29 is 0 Å². The van der Waals surface area contributed by atoms with Gasteiger partial charge in [-0.2, -0.15) is 0 Å². The average Bonchev–Trinajstić information content (AvgIpc) is 2.40. The van der Waals surface area contributed by atoms with Gasteiger partial charge in [0, 0.05) is 22.1 Å². The highest BCUT2D eigenvalue weighted by atomic mass is 14.6. The SMILES string of the molecule is Nc1ccc2ccc3ccc(N)c4ccc1c2c34. The smallest absolute Gasteiger partial charge is 0.0394 e. The Morgan fingerprint density at radius 1 is 0.500 bits per heavy atom. The van der Waals surface area contributed by atoms with E-state index in [-0.39, 0.29) is 0 Å². The van der Waals surface area contributed by atoms with E-state index in [1.54, 1.807) is 0 Å². The van der Waals surface area contributed by atoms with E-state index < -0.39 is 0 Å². The Hall–Kier alpha value is -2.48. The lowest BCUT2D eigenvalue weighted by Gasteiger charge is -2.13. The summed E-state index contributed by atoms with van der Waals surface area (Å²) in [4.78, 5) is 0. The molecule has 4 N–H and O–H groups in total. The second-order valence-corrected chi connectivity index (χ2v) is 4.73. The molecule has 4 rings (SSSR count). The van der Waals surface area contributed by atoms with E-state index >= 15 is 0 Å². The van der Waals surface area contributed by atoms with Crippen LogP contribution in [0.15, 0.2) is 48.5 Å². The molecule has 0 bridgehead atoms. The lowest BCUT2D eigenvalue weighted by Crippen LogP contribution is -1.92. The molecular formula is C16H12N2. The Labute approximate surface area is 104 Å². The summed E-state index contributed by atoms with van der Waals surface area (Å²) in [6.07, 6.45) is 0. The highest BCUT2D eigenvalue weighted by molar-refractivity contribution is 6.26. The molecule has 0 aliphatic heterocycles. The highest BCUT2D eigenvalue weighted by Gasteiger charge is 2.10. The maximum Gasteiger partial charge on any atom is 0.0394 e. The monoisotopic (exact) mass is 232 g/mol. The summed E-state index contributed by atoms with van der Waals surface area (Å²) in [5.74, 6) is 0. The summed E-state index contributed by atoms with van der Waals surface area (Å²) in [6.45, 7) is 0. The van der Waals surface area contributed by atoms with E-state index in [1.807, 2.05) is 12.1 Å². The molecule has 0 amide bonds. The topological polar surface area (TPSA) is 52.0 Å². The van der Waals surface area contributed by atoms with E-state index in [2.05, 4.69) is 36.4 Å². The largest absolute Gasteiger partial charge is 0.398 e. The Morgan fingerprint density at radius 2 is 0.889 bits per heavy atom. The van der Waals surface area contributed by atoms with Gasteiger partial charge in [0.05, 0.1) is 0 Å². The quantitative estimate of drug-likeness (QED) is 0.358. The van der Waals surface area contributed by atoms with Crippen molar-refractivity contribution in [3.63, 3.8) is 0 Å². The number of hydrogen-bond donors (Lipinski definition) is 2. The van der Waals surface area contributed by atoms with Crippen LogP contribution in [0.1, 0.15) is 0 Å². The van der Waals surface area contributed by atoms with E-state index in [1.165, 1.54) is 21.5 Å². The predicted molar refractivity (Wildman–Crippen MR) is 79.0 cm³/mol. The highest BCUT2D eigenvalue weighted by Crippen LogP contribution is 2.38. The number of hydrogen-bond acceptors (Lipinski definition) is 2. The van der Waals surface area contributed by atoms with Crippen molar-refractivity contribution in [2.75, 3.05) is 11.5 Å². The molecule has 0 aliphatic carbocycles. The minimum absolute atomic E-state index is 0.819. The van der Waals surface area contributed by atoms with E-state index in [0.29, 0.717) is 0 Å². The maximum absolute atomic E-state index is 6.07.